The zero-order chi connectivity index (χ0) is 13.8. The SMILES string of the molecule is CCOC(=O)c1nnn(C2CCNCC2)c1C(F)F. The number of ether oxygens (including phenoxy) is 1. The van der Waals surface area contributed by atoms with Gasteiger partial charge in [-0.25, -0.2) is 18.3 Å². The third-order valence-corrected chi connectivity index (χ3v) is 3.06. The van der Waals surface area contributed by atoms with Crippen molar-refractivity contribution in [2.24, 2.45) is 0 Å². The predicted molar refractivity (Wildman–Crippen MR) is 62.1 cm³/mol. The number of carbonyl (C=O) groups excluding carboxylic acids is 1. The van der Waals surface area contributed by atoms with Gasteiger partial charge in [0.2, 0.25) is 0 Å². The van der Waals surface area contributed by atoms with Crippen LogP contribution in [0.4, 0.5) is 8.78 Å². The van der Waals surface area contributed by atoms with Crippen molar-refractivity contribution in [2.45, 2.75) is 32.2 Å². The summed E-state index contributed by atoms with van der Waals surface area (Å²) in [6.07, 6.45) is -1.43. The number of hydrogen-bond donors (Lipinski definition) is 1. The molecule has 2 rings (SSSR count). The molecule has 0 aliphatic carbocycles. The summed E-state index contributed by atoms with van der Waals surface area (Å²) in [6, 6.07) is -0.152. The maximum absolute atomic E-state index is 13.2. The van der Waals surface area contributed by atoms with Crippen molar-refractivity contribution < 1.29 is 18.3 Å². The number of hydrogen-bond acceptors (Lipinski definition) is 5. The first kappa shape index (κ1) is 13.9. The molecule has 0 amide bonds. The largest absolute Gasteiger partial charge is 0.461 e. The van der Waals surface area contributed by atoms with Crippen LogP contribution in [-0.2, 0) is 4.74 Å². The van der Waals surface area contributed by atoms with E-state index in [9.17, 15) is 13.6 Å². The first-order valence-electron chi connectivity index (χ1n) is 6.26. The molecule has 0 aromatic carbocycles. The lowest BCUT2D eigenvalue weighted by molar-refractivity contribution is 0.0506. The van der Waals surface area contributed by atoms with Crippen molar-refractivity contribution in [2.75, 3.05) is 19.7 Å². The molecule has 1 aromatic heterocycles. The smallest absolute Gasteiger partial charge is 0.361 e. The maximum Gasteiger partial charge on any atom is 0.361 e. The number of esters is 1. The number of nitrogens with one attached hydrogen (secondary N) is 1. The van der Waals surface area contributed by atoms with Crippen LogP contribution >= 0.6 is 0 Å². The number of rotatable bonds is 4. The molecule has 19 heavy (non-hydrogen) atoms. The molecule has 6 nitrogen and oxygen atoms in total. The van der Waals surface area contributed by atoms with E-state index >= 15 is 0 Å². The standard InChI is InChI=1S/C11H16F2N4O2/c1-2-19-11(18)8-9(10(12)13)17(16-15-8)7-3-5-14-6-4-7/h7,10,14H,2-6H2,1H3. The van der Waals surface area contributed by atoms with Gasteiger partial charge in [0.15, 0.2) is 5.69 Å². The third kappa shape index (κ3) is 2.89. The summed E-state index contributed by atoms with van der Waals surface area (Å²) < 4.78 is 32.2. The summed E-state index contributed by atoms with van der Waals surface area (Å²) >= 11 is 0. The Bertz CT molecular complexity index is 444. The lowest BCUT2D eigenvalue weighted by atomic mass is 10.1. The van der Waals surface area contributed by atoms with Gasteiger partial charge in [0, 0.05) is 0 Å². The van der Waals surface area contributed by atoms with Crippen LogP contribution in [0, 0.1) is 0 Å². The molecular weight excluding hydrogens is 258 g/mol. The van der Waals surface area contributed by atoms with Gasteiger partial charge in [-0.1, -0.05) is 5.21 Å². The molecule has 0 radical (unpaired) electrons. The second-order valence-electron chi connectivity index (χ2n) is 4.27. The first-order valence-corrected chi connectivity index (χ1v) is 6.26. The van der Waals surface area contributed by atoms with Gasteiger partial charge in [-0.2, -0.15) is 0 Å². The Hall–Kier alpha value is -1.57. The Morgan fingerprint density at radius 2 is 2.21 bits per heavy atom. The fourth-order valence-corrected chi connectivity index (χ4v) is 2.17. The molecule has 1 saturated heterocycles. The molecule has 1 N–H and O–H groups in total. The molecule has 0 spiro atoms. The second kappa shape index (κ2) is 6.05. The second-order valence-corrected chi connectivity index (χ2v) is 4.27. The Morgan fingerprint density at radius 3 is 2.79 bits per heavy atom. The molecule has 106 valence electrons. The highest BCUT2D eigenvalue weighted by Crippen LogP contribution is 2.28. The molecule has 8 heteroatoms. The van der Waals surface area contributed by atoms with Crippen molar-refractivity contribution in [1.82, 2.24) is 20.3 Å². The first-order chi connectivity index (χ1) is 9.15. The summed E-state index contributed by atoms with van der Waals surface area (Å²) in [5, 5.41) is 10.4. The van der Waals surface area contributed by atoms with Crippen molar-refractivity contribution in [3.8, 4) is 0 Å². The van der Waals surface area contributed by atoms with Gasteiger partial charge >= 0.3 is 5.97 Å². The number of alkyl halides is 2. The Balaban J connectivity index is 2.30. The monoisotopic (exact) mass is 274 g/mol. The van der Waals surface area contributed by atoms with Crippen molar-refractivity contribution >= 4 is 5.97 Å². The normalized spacial score (nSPS) is 16.8. The Morgan fingerprint density at radius 1 is 1.53 bits per heavy atom. The lowest BCUT2D eigenvalue weighted by Gasteiger charge is -2.23. The van der Waals surface area contributed by atoms with E-state index in [2.05, 4.69) is 15.6 Å². The average Bonchev–Trinajstić information content (AvgIpc) is 2.85. The van der Waals surface area contributed by atoms with Gasteiger partial charge < -0.3 is 10.1 Å². The van der Waals surface area contributed by atoms with Crippen molar-refractivity contribution in [3.05, 3.63) is 11.4 Å². The minimum Gasteiger partial charge on any atom is -0.461 e. The van der Waals surface area contributed by atoms with E-state index in [-0.39, 0.29) is 18.3 Å². The number of halogens is 2. The van der Waals surface area contributed by atoms with Gasteiger partial charge in [-0.05, 0) is 32.9 Å². The van der Waals surface area contributed by atoms with Gasteiger partial charge in [0.25, 0.3) is 6.43 Å². The van der Waals surface area contributed by atoms with Crippen LogP contribution in [0.1, 0.15) is 48.4 Å². The van der Waals surface area contributed by atoms with Gasteiger partial charge in [-0.15, -0.1) is 5.10 Å². The summed E-state index contributed by atoms with van der Waals surface area (Å²) in [4.78, 5) is 11.6. The Labute approximate surface area is 109 Å². The number of nitrogens with zero attached hydrogens (tertiary/aromatic N) is 3. The fourth-order valence-electron chi connectivity index (χ4n) is 2.17. The minimum atomic E-state index is -2.80. The lowest BCUT2D eigenvalue weighted by Crippen LogP contribution is -2.30. The van der Waals surface area contributed by atoms with Gasteiger partial charge in [0.1, 0.15) is 5.69 Å². The van der Waals surface area contributed by atoms with E-state index in [1.54, 1.807) is 6.92 Å². The van der Waals surface area contributed by atoms with Crippen LogP contribution in [-0.4, -0.2) is 40.7 Å². The molecule has 2 heterocycles. The van der Waals surface area contributed by atoms with Crippen molar-refractivity contribution in [3.63, 3.8) is 0 Å². The van der Waals surface area contributed by atoms with Crippen LogP contribution in [0.15, 0.2) is 0 Å². The molecule has 0 unspecified atom stereocenters. The Kier molecular flexibility index (Phi) is 4.41. The number of piperidine rings is 1. The fraction of sp³-hybridized carbons (Fsp3) is 0.727. The third-order valence-electron chi connectivity index (χ3n) is 3.06. The molecule has 0 atom stereocenters. The molecule has 1 aliphatic heterocycles. The zero-order valence-corrected chi connectivity index (χ0v) is 10.6. The summed E-state index contributed by atoms with van der Waals surface area (Å²) in [5.41, 5.74) is -0.819. The van der Waals surface area contributed by atoms with Crippen LogP contribution in [0.25, 0.3) is 0 Å². The van der Waals surface area contributed by atoms with Crippen LogP contribution < -0.4 is 5.32 Å². The highest BCUT2D eigenvalue weighted by molar-refractivity contribution is 5.88. The molecule has 0 saturated carbocycles. The zero-order valence-electron chi connectivity index (χ0n) is 10.6. The molecule has 1 aromatic rings. The van der Waals surface area contributed by atoms with E-state index < -0.39 is 18.1 Å². The molecule has 1 fully saturated rings. The van der Waals surface area contributed by atoms with E-state index in [1.807, 2.05) is 0 Å². The summed E-state index contributed by atoms with van der Waals surface area (Å²) in [7, 11) is 0. The highest BCUT2D eigenvalue weighted by Gasteiger charge is 2.31. The van der Waals surface area contributed by atoms with E-state index in [4.69, 9.17) is 4.74 Å². The minimum absolute atomic E-state index is 0.113. The summed E-state index contributed by atoms with van der Waals surface area (Å²) in [5.74, 6) is -0.849. The van der Waals surface area contributed by atoms with Crippen molar-refractivity contribution in [1.29, 1.82) is 0 Å². The highest BCUT2D eigenvalue weighted by atomic mass is 19.3. The summed E-state index contributed by atoms with van der Waals surface area (Å²) in [6.45, 7) is 3.20. The molecular formula is C11H16F2N4O2. The quantitative estimate of drug-likeness (QED) is 0.838. The molecule has 0 bridgehead atoms. The number of aromatic nitrogens is 3. The van der Waals surface area contributed by atoms with Crippen LogP contribution in [0.3, 0.4) is 0 Å². The van der Waals surface area contributed by atoms with E-state index in [1.165, 1.54) is 4.68 Å². The van der Waals surface area contributed by atoms with E-state index in [0.717, 1.165) is 13.1 Å². The maximum atomic E-state index is 13.2. The van der Waals surface area contributed by atoms with E-state index in [0.29, 0.717) is 12.8 Å². The van der Waals surface area contributed by atoms with Crippen LogP contribution in [0.5, 0.6) is 0 Å². The van der Waals surface area contributed by atoms with Gasteiger partial charge in [-0.3, -0.25) is 0 Å². The topological polar surface area (TPSA) is 69.0 Å². The van der Waals surface area contributed by atoms with Crippen LogP contribution in [0.2, 0.25) is 0 Å². The van der Waals surface area contributed by atoms with Gasteiger partial charge in [0.05, 0.1) is 12.6 Å². The average molecular weight is 274 g/mol. The number of carbonyl (C=O) groups is 1. The predicted octanol–water partition coefficient (Wildman–Crippen LogP) is 1.32. The molecule has 1 aliphatic rings.